The van der Waals surface area contributed by atoms with Gasteiger partial charge in [0.2, 0.25) is 0 Å². The number of aryl methyl sites for hydroxylation is 3. The van der Waals surface area contributed by atoms with Gasteiger partial charge in [-0.2, -0.15) is 0 Å². The largest absolute Gasteiger partial charge is 0.497 e. The maximum absolute atomic E-state index is 13.7. The molecule has 0 aliphatic carbocycles. The number of hydrogen-bond donors (Lipinski definition) is 0. The Balaban J connectivity index is 2.39. The zero-order chi connectivity index (χ0) is 14.7. The normalized spacial score (nSPS) is 11.1. The minimum absolute atomic E-state index is 0.170. The van der Waals surface area contributed by atoms with Crippen LogP contribution in [0.4, 0.5) is 15.8 Å². The molecule has 104 valence electrons. The number of ether oxygens (including phenoxy) is 1. The summed E-state index contributed by atoms with van der Waals surface area (Å²) in [6, 6.07) is 8.46. The molecule has 0 saturated carbocycles. The molecule has 0 aromatic heterocycles. The zero-order valence-electron chi connectivity index (χ0n) is 12.1. The Morgan fingerprint density at radius 1 is 0.950 bits per heavy atom. The molecular formula is C16H17FN2O. The van der Waals surface area contributed by atoms with E-state index in [0.717, 1.165) is 16.8 Å². The Morgan fingerprint density at radius 2 is 1.60 bits per heavy atom. The van der Waals surface area contributed by atoms with Crippen LogP contribution < -0.4 is 4.74 Å². The van der Waals surface area contributed by atoms with Gasteiger partial charge in [-0.3, -0.25) is 0 Å². The molecule has 0 radical (unpaired) electrons. The van der Waals surface area contributed by atoms with Crippen molar-refractivity contribution in [3.63, 3.8) is 0 Å². The van der Waals surface area contributed by atoms with E-state index in [4.69, 9.17) is 4.74 Å². The summed E-state index contributed by atoms with van der Waals surface area (Å²) in [6.45, 7) is 5.97. The highest BCUT2D eigenvalue weighted by Gasteiger charge is 2.05. The van der Waals surface area contributed by atoms with Crippen molar-refractivity contribution in [2.45, 2.75) is 20.8 Å². The fraction of sp³-hybridized carbons (Fsp3) is 0.250. The van der Waals surface area contributed by atoms with Gasteiger partial charge in [0.25, 0.3) is 0 Å². The molecule has 0 N–H and O–H groups in total. The van der Waals surface area contributed by atoms with E-state index in [1.54, 1.807) is 6.07 Å². The van der Waals surface area contributed by atoms with Gasteiger partial charge in [-0.05, 0) is 44.0 Å². The van der Waals surface area contributed by atoms with Crippen molar-refractivity contribution in [2.24, 2.45) is 10.2 Å². The molecule has 2 rings (SSSR count). The molecule has 0 unspecified atom stereocenters. The fourth-order valence-electron chi connectivity index (χ4n) is 2.13. The minimum Gasteiger partial charge on any atom is -0.497 e. The topological polar surface area (TPSA) is 34.0 Å². The third-order valence-corrected chi connectivity index (χ3v) is 3.05. The predicted molar refractivity (Wildman–Crippen MR) is 77.8 cm³/mol. The highest BCUT2D eigenvalue weighted by atomic mass is 19.1. The minimum atomic E-state index is -0.419. The number of hydrogen-bond acceptors (Lipinski definition) is 3. The summed E-state index contributed by atoms with van der Waals surface area (Å²) >= 11 is 0. The van der Waals surface area contributed by atoms with Crippen molar-refractivity contribution in [1.29, 1.82) is 0 Å². The van der Waals surface area contributed by atoms with Gasteiger partial charge in [-0.25, -0.2) is 4.39 Å². The van der Waals surface area contributed by atoms with Crippen molar-refractivity contribution in [1.82, 2.24) is 0 Å². The maximum atomic E-state index is 13.7. The number of methoxy groups -OCH3 is 1. The highest BCUT2D eigenvalue weighted by molar-refractivity contribution is 5.54. The summed E-state index contributed by atoms with van der Waals surface area (Å²) in [7, 11) is 1.53. The molecule has 20 heavy (non-hydrogen) atoms. The lowest BCUT2D eigenvalue weighted by Crippen LogP contribution is -1.84. The van der Waals surface area contributed by atoms with Crippen molar-refractivity contribution in [3.05, 3.63) is 52.8 Å². The second kappa shape index (κ2) is 5.82. The van der Waals surface area contributed by atoms with Gasteiger partial charge >= 0.3 is 0 Å². The van der Waals surface area contributed by atoms with E-state index in [9.17, 15) is 4.39 Å². The van der Waals surface area contributed by atoms with Crippen LogP contribution in [0.3, 0.4) is 0 Å². The third-order valence-electron chi connectivity index (χ3n) is 3.05. The lowest BCUT2D eigenvalue weighted by atomic mass is 10.1. The number of rotatable bonds is 3. The van der Waals surface area contributed by atoms with Gasteiger partial charge in [0.1, 0.15) is 11.4 Å². The first-order valence-corrected chi connectivity index (χ1v) is 6.34. The van der Waals surface area contributed by atoms with E-state index >= 15 is 0 Å². The maximum Gasteiger partial charge on any atom is 0.150 e. The summed E-state index contributed by atoms with van der Waals surface area (Å²) in [6.07, 6.45) is 0. The number of azo groups is 1. The van der Waals surface area contributed by atoms with Crippen LogP contribution >= 0.6 is 0 Å². The number of halogens is 1. The molecule has 2 aromatic rings. The van der Waals surface area contributed by atoms with Gasteiger partial charge in [-0.15, -0.1) is 10.2 Å². The summed E-state index contributed by atoms with van der Waals surface area (Å²) < 4.78 is 18.7. The molecule has 0 amide bonds. The first-order chi connectivity index (χ1) is 9.51. The molecule has 0 aliphatic rings. The zero-order valence-corrected chi connectivity index (χ0v) is 12.1. The molecule has 0 bridgehead atoms. The molecule has 0 heterocycles. The standard InChI is InChI=1S/C16H17FN2O/c1-10-7-11(2)16(12(3)8-10)19-18-15-9-13(20-4)5-6-14(15)17/h5-9H,1-4H3. The van der Waals surface area contributed by atoms with Crippen molar-refractivity contribution in [3.8, 4) is 5.75 Å². The first-order valence-electron chi connectivity index (χ1n) is 6.34. The Labute approximate surface area is 118 Å². The smallest absolute Gasteiger partial charge is 0.150 e. The Kier molecular flexibility index (Phi) is 4.13. The number of benzene rings is 2. The van der Waals surface area contributed by atoms with E-state index in [-0.39, 0.29) is 5.69 Å². The lowest BCUT2D eigenvalue weighted by molar-refractivity contribution is 0.414. The van der Waals surface area contributed by atoms with Crippen LogP contribution in [0.25, 0.3) is 0 Å². The van der Waals surface area contributed by atoms with Crippen LogP contribution in [0.5, 0.6) is 5.75 Å². The molecule has 0 spiro atoms. The Morgan fingerprint density at radius 3 is 2.20 bits per heavy atom. The summed E-state index contributed by atoms with van der Waals surface area (Å²) in [5.74, 6) is 0.134. The molecule has 0 aliphatic heterocycles. The molecule has 3 nitrogen and oxygen atoms in total. The van der Waals surface area contributed by atoms with Gasteiger partial charge < -0.3 is 4.74 Å². The molecule has 4 heteroatoms. The van der Waals surface area contributed by atoms with Gasteiger partial charge in [0, 0.05) is 6.07 Å². The van der Waals surface area contributed by atoms with E-state index in [1.807, 2.05) is 32.9 Å². The van der Waals surface area contributed by atoms with Gasteiger partial charge in [0.05, 0.1) is 12.8 Å². The van der Waals surface area contributed by atoms with Gasteiger partial charge in [0.15, 0.2) is 5.82 Å². The van der Waals surface area contributed by atoms with Crippen molar-refractivity contribution < 1.29 is 9.13 Å². The average Bonchev–Trinajstić information content (AvgIpc) is 2.39. The third kappa shape index (κ3) is 3.02. The SMILES string of the molecule is COc1ccc(F)c(N=Nc2c(C)cc(C)cc2C)c1. The van der Waals surface area contributed by atoms with E-state index in [0.29, 0.717) is 5.75 Å². The van der Waals surface area contributed by atoms with Crippen molar-refractivity contribution in [2.75, 3.05) is 7.11 Å². The first kappa shape index (κ1) is 14.2. The second-order valence-electron chi connectivity index (χ2n) is 4.76. The number of nitrogens with zero attached hydrogens (tertiary/aromatic N) is 2. The van der Waals surface area contributed by atoms with Crippen LogP contribution in [0, 0.1) is 26.6 Å². The average molecular weight is 272 g/mol. The Bertz CT molecular complexity index is 643. The van der Waals surface area contributed by atoms with Crippen LogP contribution in [-0.4, -0.2) is 7.11 Å². The summed E-state index contributed by atoms with van der Waals surface area (Å²) in [5.41, 5.74) is 4.16. The monoisotopic (exact) mass is 272 g/mol. The van der Waals surface area contributed by atoms with Crippen LogP contribution in [-0.2, 0) is 0 Å². The highest BCUT2D eigenvalue weighted by Crippen LogP contribution is 2.29. The van der Waals surface area contributed by atoms with E-state index < -0.39 is 5.82 Å². The molecule has 0 atom stereocenters. The van der Waals surface area contributed by atoms with Crippen LogP contribution in [0.2, 0.25) is 0 Å². The molecular weight excluding hydrogens is 255 g/mol. The van der Waals surface area contributed by atoms with Gasteiger partial charge in [-0.1, -0.05) is 17.7 Å². The Hall–Kier alpha value is -2.23. The second-order valence-corrected chi connectivity index (χ2v) is 4.76. The summed E-state index contributed by atoms with van der Waals surface area (Å²) in [4.78, 5) is 0. The fourth-order valence-corrected chi connectivity index (χ4v) is 2.13. The molecule has 0 saturated heterocycles. The van der Waals surface area contributed by atoms with Crippen LogP contribution in [0.1, 0.15) is 16.7 Å². The lowest BCUT2D eigenvalue weighted by Gasteiger charge is -2.06. The van der Waals surface area contributed by atoms with Crippen LogP contribution in [0.15, 0.2) is 40.6 Å². The molecule has 0 fully saturated rings. The van der Waals surface area contributed by atoms with Crippen molar-refractivity contribution >= 4 is 11.4 Å². The quantitative estimate of drug-likeness (QED) is 0.709. The van der Waals surface area contributed by atoms with E-state index in [1.165, 1.54) is 24.8 Å². The van der Waals surface area contributed by atoms with E-state index in [2.05, 4.69) is 10.2 Å². The predicted octanol–water partition coefficient (Wildman–Crippen LogP) is 5.17. The summed E-state index contributed by atoms with van der Waals surface area (Å²) in [5, 5.41) is 8.19. The molecule has 2 aromatic carbocycles.